The van der Waals surface area contributed by atoms with Crippen molar-refractivity contribution in [3.8, 4) is 0 Å². The van der Waals surface area contributed by atoms with Gasteiger partial charge < -0.3 is 0 Å². The van der Waals surface area contributed by atoms with Crippen molar-refractivity contribution in [1.29, 1.82) is 0 Å². The van der Waals surface area contributed by atoms with E-state index >= 15 is 0 Å². The van der Waals surface area contributed by atoms with Crippen molar-refractivity contribution < 1.29 is 19.8 Å². The van der Waals surface area contributed by atoms with E-state index in [-0.39, 0.29) is 6.42 Å². The van der Waals surface area contributed by atoms with Gasteiger partial charge in [0.2, 0.25) is 0 Å². The van der Waals surface area contributed by atoms with E-state index in [0.717, 1.165) is 6.08 Å². The van der Waals surface area contributed by atoms with Gasteiger partial charge in [0.05, 0.1) is 0 Å². The Bertz CT molecular complexity index is 175. The topological polar surface area (TPSA) is 74.6 Å². The molecule has 4 nitrogen and oxygen atoms in total. The average Bonchev–Trinajstić information content (AvgIpc) is 1.85. The molecule has 0 saturated carbocycles. The third-order valence-electron chi connectivity index (χ3n) is 0.827. The van der Waals surface area contributed by atoms with E-state index in [1.54, 1.807) is 4.91 Å². The molecule has 0 unspecified atom stereocenters. The van der Waals surface area contributed by atoms with Gasteiger partial charge in [0, 0.05) is 0 Å². The zero-order valence-corrected chi connectivity index (χ0v) is 7.88. The molecule has 2 radical (unpaired) electrons. The van der Waals surface area contributed by atoms with Gasteiger partial charge in [0.1, 0.15) is 0 Å². The molecule has 0 fully saturated rings. The third kappa shape index (κ3) is 9.22. The number of carboxylic acids is 2. The monoisotopic (exact) mass is 218 g/mol. The molecule has 0 aromatic heterocycles. The van der Waals surface area contributed by atoms with E-state index in [4.69, 9.17) is 10.2 Å². The summed E-state index contributed by atoms with van der Waals surface area (Å²) in [4.78, 5) is 21.5. The molecule has 0 bridgehead atoms. The van der Waals surface area contributed by atoms with Crippen LogP contribution in [0.1, 0.15) is 6.42 Å². The van der Waals surface area contributed by atoms with Gasteiger partial charge >= 0.3 is 69.8 Å². The summed E-state index contributed by atoms with van der Waals surface area (Å²) in [7, 11) is 0. The van der Waals surface area contributed by atoms with Gasteiger partial charge in [-0.3, -0.25) is 0 Å². The molecule has 0 aromatic carbocycles. The maximum absolute atomic E-state index is 9.98. The summed E-state index contributed by atoms with van der Waals surface area (Å²) in [5.41, 5.74) is 0. The molecular weight excluding hydrogens is 209 g/mol. The maximum atomic E-state index is 9.98. The van der Waals surface area contributed by atoms with E-state index in [9.17, 15) is 9.59 Å². The molecule has 0 rings (SSSR count). The number of carbonyl (C=O) groups is 2. The van der Waals surface area contributed by atoms with Crippen molar-refractivity contribution in [3.05, 3.63) is 11.0 Å². The van der Waals surface area contributed by atoms with Crippen LogP contribution in [0.25, 0.3) is 0 Å². The molecule has 5 heteroatoms. The number of rotatable bonds is 5. The Hall–Kier alpha value is -0.777. The first kappa shape index (κ1) is 10.2. The Morgan fingerprint density at radius 2 is 2.00 bits per heavy atom. The van der Waals surface area contributed by atoms with E-state index in [0.29, 0.717) is 5.25 Å². The summed E-state index contributed by atoms with van der Waals surface area (Å²) in [6, 6.07) is 0. The van der Waals surface area contributed by atoms with E-state index < -0.39 is 27.4 Å². The Labute approximate surface area is 70.4 Å². The third-order valence-corrected chi connectivity index (χ3v) is 2.80. The second-order valence-electron chi connectivity index (χ2n) is 1.77. The van der Waals surface area contributed by atoms with Crippen LogP contribution >= 0.6 is 0 Å². The molecule has 0 aliphatic carbocycles. The van der Waals surface area contributed by atoms with Gasteiger partial charge in [0.25, 0.3) is 0 Å². The second kappa shape index (κ2) is 5.97. The standard InChI is InChI=1S/C6H8GeO4/c8-5(9)1-3-7-4-2-6(10)11/h1,3H,2,4H2,(H,8,9)(H,10,11)/b3-1+. The number of hydrogen-bond acceptors (Lipinski definition) is 2. The normalized spacial score (nSPS) is 10.2. The van der Waals surface area contributed by atoms with Crippen LogP contribution in [-0.4, -0.2) is 37.6 Å². The Morgan fingerprint density at radius 1 is 1.36 bits per heavy atom. The predicted molar refractivity (Wildman–Crippen MR) is 39.6 cm³/mol. The molecule has 0 aromatic rings. The summed E-state index contributed by atoms with van der Waals surface area (Å²) >= 11 is -0.505. The number of carboxylic acid groups (broad SMARTS) is 2. The van der Waals surface area contributed by atoms with Gasteiger partial charge in [-0.2, -0.15) is 0 Å². The first-order valence-electron chi connectivity index (χ1n) is 2.97. The summed E-state index contributed by atoms with van der Waals surface area (Å²) < 4.78 is 0. The molecule has 11 heavy (non-hydrogen) atoms. The van der Waals surface area contributed by atoms with Crippen LogP contribution in [0.15, 0.2) is 11.0 Å². The quantitative estimate of drug-likeness (QED) is 0.391. The van der Waals surface area contributed by atoms with Crippen LogP contribution in [0.3, 0.4) is 0 Å². The summed E-state index contributed by atoms with van der Waals surface area (Å²) in [6.07, 6.45) is 1.21. The second-order valence-corrected chi connectivity index (χ2v) is 4.37. The van der Waals surface area contributed by atoms with E-state index in [1.807, 2.05) is 0 Å². The van der Waals surface area contributed by atoms with Gasteiger partial charge in [-0.15, -0.1) is 0 Å². The van der Waals surface area contributed by atoms with Crippen LogP contribution in [-0.2, 0) is 9.59 Å². The summed E-state index contributed by atoms with van der Waals surface area (Å²) in [6.45, 7) is 0. The first-order valence-corrected chi connectivity index (χ1v) is 5.67. The molecule has 0 aliphatic heterocycles. The van der Waals surface area contributed by atoms with Crippen LogP contribution in [0.5, 0.6) is 0 Å². The van der Waals surface area contributed by atoms with Crippen molar-refractivity contribution in [3.63, 3.8) is 0 Å². The molecule has 0 aliphatic rings. The fourth-order valence-electron chi connectivity index (χ4n) is 0.393. The molecule has 0 atom stereocenters. The molecule has 0 heterocycles. The number of hydrogen-bond donors (Lipinski definition) is 2. The summed E-state index contributed by atoms with van der Waals surface area (Å²) in [5.74, 6) is -1.79. The van der Waals surface area contributed by atoms with E-state index in [1.165, 1.54) is 0 Å². The molecule has 2 N–H and O–H groups in total. The van der Waals surface area contributed by atoms with Crippen molar-refractivity contribution in [2.24, 2.45) is 0 Å². The molecule has 0 saturated heterocycles. The molecule has 0 amide bonds. The van der Waals surface area contributed by atoms with Gasteiger partial charge in [-0.1, -0.05) is 0 Å². The molecule has 60 valence electrons. The zero-order valence-electron chi connectivity index (χ0n) is 5.78. The van der Waals surface area contributed by atoms with Crippen molar-refractivity contribution in [2.75, 3.05) is 0 Å². The predicted octanol–water partition coefficient (Wildman–Crippen LogP) is 0.182. The Morgan fingerprint density at radius 3 is 2.45 bits per heavy atom. The van der Waals surface area contributed by atoms with Crippen LogP contribution in [0.4, 0.5) is 0 Å². The van der Waals surface area contributed by atoms with Crippen LogP contribution < -0.4 is 0 Å². The summed E-state index contributed by atoms with van der Waals surface area (Å²) in [5, 5.41) is 17.0. The van der Waals surface area contributed by atoms with Gasteiger partial charge in [-0.25, -0.2) is 0 Å². The molecular formula is C6H8GeO4. The number of aliphatic carboxylic acids is 2. The van der Waals surface area contributed by atoms with Crippen LogP contribution in [0.2, 0.25) is 5.25 Å². The fraction of sp³-hybridized carbons (Fsp3) is 0.333. The minimum atomic E-state index is -0.968. The average molecular weight is 217 g/mol. The minimum absolute atomic E-state index is 0.143. The van der Waals surface area contributed by atoms with Gasteiger partial charge in [-0.05, 0) is 0 Å². The SMILES string of the molecule is O=C(O)/C=[CH]/[Ge][CH2]CC(=O)O. The molecule has 0 spiro atoms. The first-order chi connectivity index (χ1) is 5.13. The van der Waals surface area contributed by atoms with E-state index in [2.05, 4.69) is 0 Å². The fourth-order valence-corrected chi connectivity index (χ4v) is 2.04. The zero-order chi connectivity index (χ0) is 8.69. The Balaban J connectivity index is 3.27. The van der Waals surface area contributed by atoms with Crippen LogP contribution in [0, 0.1) is 0 Å². The van der Waals surface area contributed by atoms with Crippen molar-refractivity contribution in [1.82, 2.24) is 0 Å². The van der Waals surface area contributed by atoms with Gasteiger partial charge in [0.15, 0.2) is 0 Å². The van der Waals surface area contributed by atoms with Crippen molar-refractivity contribution in [2.45, 2.75) is 11.7 Å². The van der Waals surface area contributed by atoms with Crippen molar-refractivity contribution >= 4 is 27.4 Å². The Kier molecular flexibility index (Phi) is 5.55.